The number of hydrogen-bond acceptors (Lipinski definition) is 7. The Morgan fingerprint density at radius 2 is 1.79 bits per heavy atom. The van der Waals surface area contributed by atoms with Gasteiger partial charge in [-0.2, -0.15) is 0 Å². The second-order valence-electron chi connectivity index (χ2n) is 7.84. The second kappa shape index (κ2) is 8.27. The first kappa shape index (κ1) is 21.8. The number of hydrogen-bond donors (Lipinski definition) is 1. The molecule has 2 heterocycles. The minimum absolute atomic E-state index is 0.0541. The fraction of sp³-hybridized carbons (Fsp3) is 0.167. The van der Waals surface area contributed by atoms with E-state index >= 15 is 0 Å². The highest BCUT2D eigenvalue weighted by atomic mass is 16.6. The van der Waals surface area contributed by atoms with Gasteiger partial charge in [-0.25, -0.2) is 0 Å². The SMILES string of the molecule is Cc1ccc(C2/C(=C(/O)c3cccc([N+](=O)[O-])c3)C(=O)C(=O)N2c2ccc(N(C)C)cc2)o1. The Kier molecular flexibility index (Phi) is 5.47. The molecule has 1 atom stereocenters. The summed E-state index contributed by atoms with van der Waals surface area (Å²) in [5, 5.41) is 22.2. The second-order valence-corrected chi connectivity index (χ2v) is 7.84. The molecule has 1 aliphatic rings. The molecule has 9 nitrogen and oxygen atoms in total. The van der Waals surface area contributed by atoms with Gasteiger partial charge >= 0.3 is 0 Å². The van der Waals surface area contributed by atoms with Gasteiger partial charge in [-0.3, -0.25) is 24.6 Å². The number of Topliss-reactive ketones (excluding diaryl/α,β-unsaturated/α-hetero) is 1. The third-order valence-electron chi connectivity index (χ3n) is 5.45. The maximum atomic E-state index is 13.1. The van der Waals surface area contributed by atoms with Crippen LogP contribution in [-0.4, -0.2) is 35.8 Å². The van der Waals surface area contributed by atoms with E-state index in [1.54, 1.807) is 43.3 Å². The summed E-state index contributed by atoms with van der Waals surface area (Å²) in [6, 6.07) is 14.6. The number of amides is 1. The predicted octanol–water partition coefficient (Wildman–Crippen LogP) is 4.19. The Balaban J connectivity index is 1.90. The number of nitrogens with zero attached hydrogens (tertiary/aromatic N) is 3. The van der Waals surface area contributed by atoms with E-state index in [1.165, 1.54) is 23.1 Å². The van der Waals surface area contributed by atoms with Crippen molar-refractivity contribution in [3.8, 4) is 0 Å². The van der Waals surface area contributed by atoms with Crippen LogP contribution in [0.5, 0.6) is 0 Å². The summed E-state index contributed by atoms with van der Waals surface area (Å²) in [5.41, 5.74) is 0.945. The number of benzene rings is 2. The molecule has 1 saturated heterocycles. The van der Waals surface area contributed by atoms with Gasteiger partial charge in [0.2, 0.25) is 0 Å². The van der Waals surface area contributed by atoms with Crippen LogP contribution in [-0.2, 0) is 9.59 Å². The number of nitro groups is 1. The lowest BCUT2D eigenvalue weighted by Crippen LogP contribution is -2.29. The first-order chi connectivity index (χ1) is 15.7. The maximum absolute atomic E-state index is 13.1. The average molecular weight is 447 g/mol. The molecule has 33 heavy (non-hydrogen) atoms. The third-order valence-corrected chi connectivity index (χ3v) is 5.45. The predicted molar refractivity (Wildman–Crippen MR) is 122 cm³/mol. The Morgan fingerprint density at radius 1 is 1.09 bits per heavy atom. The average Bonchev–Trinajstić information content (AvgIpc) is 3.34. The Hall–Kier alpha value is -4.40. The lowest BCUT2D eigenvalue weighted by Gasteiger charge is -2.24. The van der Waals surface area contributed by atoms with Crippen molar-refractivity contribution >= 4 is 34.5 Å². The number of furan rings is 1. The molecule has 1 fully saturated rings. The van der Waals surface area contributed by atoms with E-state index in [0.717, 1.165) is 11.8 Å². The summed E-state index contributed by atoms with van der Waals surface area (Å²) in [4.78, 5) is 39.9. The summed E-state index contributed by atoms with van der Waals surface area (Å²) in [6.45, 7) is 1.72. The smallest absolute Gasteiger partial charge is 0.300 e. The normalized spacial score (nSPS) is 17.4. The van der Waals surface area contributed by atoms with Gasteiger partial charge in [0.25, 0.3) is 17.4 Å². The molecule has 9 heteroatoms. The summed E-state index contributed by atoms with van der Waals surface area (Å²) in [5.74, 6) is -1.40. The van der Waals surface area contributed by atoms with Gasteiger partial charge in [-0.1, -0.05) is 12.1 Å². The van der Waals surface area contributed by atoms with Gasteiger partial charge in [-0.15, -0.1) is 0 Å². The van der Waals surface area contributed by atoms with Gasteiger partial charge < -0.3 is 14.4 Å². The largest absolute Gasteiger partial charge is 0.507 e. The summed E-state index contributed by atoms with van der Waals surface area (Å²) >= 11 is 0. The van der Waals surface area contributed by atoms with Crippen LogP contribution in [0.15, 0.2) is 70.7 Å². The topological polar surface area (TPSA) is 117 Å². The molecule has 1 aliphatic heterocycles. The Labute approximate surface area is 189 Å². The van der Waals surface area contributed by atoms with Crippen molar-refractivity contribution in [1.29, 1.82) is 0 Å². The molecule has 3 aromatic rings. The van der Waals surface area contributed by atoms with Crippen LogP contribution in [0.1, 0.15) is 23.1 Å². The van der Waals surface area contributed by atoms with E-state index in [4.69, 9.17) is 4.42 Å². The highest BCUT2D eigenvalue weighted by molar-refractivity contribution is 6.51. The number of nitro benzene ring substituents is 1. The fourth-order valence-electron chi connectivity index (χ4n) is 3.80. The molecule has 4 rings (SSSR count). The summed E-state index contributed by atoms with van der Waals surface area (Å²) in [7, 11) is 3.76. The van der Waals surface area contributed by atoms with Gasteiger partial charge in [0.15, 0.2) is 0 Å². The maximum Gasteiger partial charge on any atom is 0.300 e. The van der Waals surface area contributed by atoms with Crippen molar-refractivity contribution in [2.45, 2.75) is 13.0 Å². The number of aliphatic hydroxyl groups is 1. The lowest BCUT2D eigenvalue weighted by atomic mass is 9.99. The molecule has 1 aromatic heterocycles. The van der Waals surface area contributed by atoms with Crippen LogP contribution in [0.2, 0.25) is 0 Å². The Bertz CT molecular complexity index is 1290. The van der Waals surface area contributed by atoms with Crippen molar-refractivity contribution in [2.75, 3.05) is 23.9 Å². The van der Waals surface area contributed by atoms with Crippen molar-refractivity contribution in [3.63, 3.8) is 0 Å². The van der Waals surface area contributed by atoms with Crippen LogP contribution in [0.3, 0.4) is 0 Å². The van der Waals surface area contributed by atoms with E-state index < -0.39 is 28.4 Å². The number of rotatable bonds is 5. The molecule has 0 bridgehead atoms. The quantitative estimate of drug-likeness (QED) is 0.205. The first-order valence-corrected chi connectivity index (χ1v) is 10.1. The molecule has 1 amide bonds. The van der Waals surface area contributed by atoms with Gasteiger partial charge in [-0.05, 0) is 43.3 Å². The zero-order chi connectivity index (χ0) is 23.9. The Morgan fingerprint density at radius 3 is 2.36 bits per heavy atom. The molecular formula is C24H21N3O6. The molecule has 1 N–H and O–H groups in total. The van der Waals surface area contributed by atoms with Crippen LogP contribution in [0, 0.1) is 17.0 Å². The number of carbonyl (C=O) groups is 2. The van der Waals surface area contributed by atoms with E-state index in [2.05, 4.69) is 0 Å². The standard InChI is InChI=1S/C24H21N3O6/c1-14-7-12-19(33-14)21-20(22(28)15-5-4-6-18(13-15)27(31)32)23(29)24(30)26(21)17-10-8-16(9-11-17)25(2)3/h4-13,21,28H,1-3H3/b22-20-. The molecule has 1 unspecified atom stereocenters. The van der Waals surface area contributed by atoms with E-state index in [-0.39, 0.29) is 22.6 Å². The number of carbonyl (C=O) groups excluding carboxylic acids is 2. The minimum Gasteiger partial charge on any atom is -0.507 e. The van der Waals surface area contributed by atoms with Crippen molar-refractivity contribution in [2.24, 2.45) is 0 Å². The van der Waals surface area contributed by atoms with Crippen molar-refractivity contribution in [3.05, 3.63) is 93.4 Å². The van der Waals surface area contributed by atoms with E-state index in [9.17, 15) is 24.8 Å². The van der Waals surface area contributed by atoms with E-state index in [0.29, 0.717) is 11.4 Å². The van der Waals surface area contributed by atoms with E-state index in [1.807, 2.05) is 19.0 Å². The summed E-state index contributed by atoms with van der Waals surface area (Å²) in [6.07, 6.45) is 0. The summed E-state index contributed by atoms with van der Waals surface area (Å²) < 4.78 is 5.75. The number of anilines is 2. The molecule has 2 aromatic carbocycles. The molecular weight excluding hydrogens is 426 g/mol. The van der Waals surface area contributed by atoms with Crippen LogP contribution >= 0.6 is 0 Å². The molecule has 0 saturated carbocycles. The molecule has 0 aliphatic carbocycles. The number of ketones is 1. The van der Waals surface area contributed by atoms with Crippen LogP contribution < -0.4 is 9.80 Å². The zero-order valence-corrected chi connectivity index (χ0v) is 18.2. The molecule has 0 radical (unpaired) electrons. The van der Waals surface area contributed by atoms with Crippen molar-refractivity contribution < 1.29 is 24.0 Å². The van der Waals surface area contributed by atoms with Crippen LogP contribution in [0.4, 0.5) is 17.1 Å². The van der Waals surface area contributed by atoms with Gasteiger partial charge in [0.1, 0.15) is 23.3 Å². The monoisotopic (exact) mass is 447 g/mol. The van der Waals surface area contributed by atoms with Crippen molar-refractivity contribution in [1.82, 2.24) is 0 Å². The first-order valence-electron chi connectivity index (χ1n) is 10.1. The highest BCUT2D eigenvalue weighted by Gasteiger charge is 2.48. The molecule has 0 spiro atoms. The lowest BCUT2D eigenvalue weighted by molar-refractivity contribution is -0.384. The number of non-ortho nitro benzene ring substituents is 1. The van der Waals surface area contributed by atoms with Crippen LogP contribution in [0.25, 0.3) is 5.76 Å². The van der Waals surface area contributed by atoms with Gasteiger partial charge in [0, 0.05) is 43.2 Å². The third kappa shape index (κ3) is 3.84. The number of aliphatic hydroxyl groups excluding tert-OH is 1. The molecule has 168 valence electrons. The zero-order valence-electron chi connectivity index (χ0n) is 18.2. The minimum atomic E-state index is -1.04. The number of aryl methyl sites for hydroxylation is 1. The van der Waals surface area contributed by atoms with Gasteiger partial charge in [0.05, 0.1) is 10.5 Å². The fourth-order valence-corrected chi connectivity index (χ4v) is 3.80. The highest BCUT2D eigenvalue weighted by Crippen LogP contribution is 2.43.